The van der Waals surface area contributed by atoms with Crippen LogP contribution in [0.5, 0.6) is 5.75 Å². The average Bonchev–Trinajstić information content (AvgIpc) is 3.70. The Labute approximate surface area is 280 Å². The van der Waals surface area contributed by atoms with E-state index in [-0.39, 0.29) is 41.7 Å². The zero-order valence-corrected chi connectivity index (χ0v) is 28.1. The second kappa shape index (κ2) is 10.1. The molecule has 4 heterocycles. The van der Waals surface area contributed by atoms with Crippen molar-refractivity contribution in [2.45, 2.75) is 39.5 Å². The van der Waals surface area contributed by atoms with Crippen molar-refractivity contribution in [3.05, 3.63) is 75.8 Å². The van der Waals surface area contributed by atoms with Gasteiger partial charge in [0.15, 0.2) is 0 Å². The molecule has 2 aliphatic heterocycles. The van der Waals surface area contributed by atoms with Gasteiger partial charge < -0.3 is 5.11 Å². The molecule has 1 N–H and O–H groups in total. The number of imide groups is 2. The topological polar surface area (TPSA) is 113 Å². The number of hydrogen-bond acceptors (Lipinski definition) is 7. The number of allylic oxidation sites excluding steroid dienone is 2. The van der Waals surface area contributed by atoms with E-state index in [1.54, 1.807) is 48.2 Å². The number of hydrogen-bond donors (Lipinski definition) is 1. The molecular formula is C36H33ClN4O5S. The van der Waals surface area contributed by atoms with Gasteiger partial charge >= 0.3 is 0 Å². The monoisotopic (exact) mass is 668 g/mol. The third-order valence-electron chi connectivity index (χ3n) is 11.3. The summed E-state index contributed by atoms with van der Waals surface area (Å²) in [5.74, 6) is -3.29. The number of phenols is 1. The van der Waals surface area contributed by atoms with E-state index < -0.39 is 29.1 Å². The summed E-state index contributed by atoms with van der Waals surface area (Å²) < 4.78 is 2.64. The Morgan fingerprint density at radius 2 is 1.74 bits per heavy atom. The molecule has 240 valence electrons. The molecule has 47 heavy (non-hydrogen) atoms. The number of carbonyl (C=O) groups is 4. The molecule has 11 heteroatoms. The summed E-state index contributed by atoms with van der Waals surface area (Å²) in [6.07, 6.45) is 2.71. The highest BCUT2D eigenvalue weighted by Crippen LogP contribution is 2.63. The highest BCUT2D eigenvalue weighted by molar-refractivity contribution is 7.22. The van der Waals surface area contributed by atoms with Gasteiger partial charge in [-0.2, -0.15) is 5.10 Å². The summed E-state index contributed by atoms with van der Waals surface area (Å²) in [7, 11) is 3.25. The Hall–Kier alpha value is -4.28. The number of aryl methyl sites for hydroxylation is 3. The molecule has 3 fully saturated rings. The molecule has 4 aliphatic rings. The number of anilines is 1. The van der Waals surface area contributed by atoms with Crippen LogP contribution in [0.15, 0.2) is 54.1 Å². The first-order valence-corrected chi connectivity index (χ1v) is 16.9. The fraction of sp³-hybridized carbons (Fsp3) is 0.361. The number of halogens is 1. The normalized spacial score (nSPS) is 28.6. The van der Waals surface area contributed by atoms with Crippen LogP contribution in [0.2, 0.25) is 5.02 Å². The molecule has 2 aliphatic carbocycles. The number of likely N-dealkylation sites (tertiary alicyclic amines) is 1. The molecule has 8 rings (SSSR count). The summed E-state index contributed by atoms with van der Waals surface area (Å²) in [5, 5.41) is 16.8. The molecule has 4 aromatic rings. The second-order valence-corrected chi connectivity index (χ2v) is 15.1. The zero-order valence-electron chi connectivity index (χ0n) is 26.6. The van der Waals surface area contributed by atoms with Crippen LogP contribution in [0.4, 0.5) is 5.82 Å². The van der Waals surface area contributed by atoms with Crippen LogP contribution >= 0.6 is 22.9 Å². The van der Waals surface area contributed by atoms with Crippen LogP contribution in [-0.4, -0.2) is 50.5 Å². The van der Waals surface area contributed by atoms with Crippen molar-refractivity contribution >= 4 is 62.5 Å². The Morgan fingerprint density at radius 3 is 2.49 bits per heavy atom. The van der Waals surface area contributed by atoms with Crippen LogP contribution in [-0.2, 0) is 26.2 Å². The Bertz CT molecular complexity index is 2130. The van der Waals surface area contributed by atoms with Crippen LogP contribution < -0.4 is 4.90 Å². The fourth-order valence-electron chi connectivity index (χ4n) is 8.84. The third kappa shape index (κ3) is 3.97. The summed E-state index contributed by atoms with van der Waals surface area (Å²) >= 11 is 7.87. The van der Waals surface area contributed by atoms with E-state index in [4.69, 9.17) is 16.7 Å². The molecule has 2 aromatic carbocycles. The van der Waals surface area contributed by atoms with Gasteiger partial charge in [0.2, 0.25) is 23.6 Å². The molecule has 2 saturated heterocycles. The van der Waals surface area contributed by atoms with E-state index >= 15 is 0 Å². The van der Waals surface area contributed by atoms with E-state index in [2.05, 4.69) is 0 Å². The summed E-state index contributed by atoms with van der Waals surface area (Å²) in [4.78, 5) is 59.5. The number of aromatic nitrogens is 2. The van der Waals surface area contributed by atoms with Gasteiger partial charge in [-0.3, -0.25) is 28.8 Å². The Morgan fingerprint density at radius 1 is 0.979 bits per heavy atom. The van der Waals surface area contributed by atoms with Crippen molar-refractivity contribution in [3.8, 4) is 16.3 Å². The molecule has 0 radical (unpaired) electrons. The van der Waals surface area contributed by atoms with Gasteiger partial charge in [-0.1, -0.05) is 35.4 Å². The van der Waals surface area contributed by atoms with E-state index in [9.17, 15) is 24.3 Å². The van der Waals surface area contributed by atoms with Crippen molar-refractivity contribution in [3.63, 3.8) is 0 Å². The summed E-state index contributed by atoms with van der Waals surface area (Å²) in [6, 6.07) is 12.8. The third-order valence-corrected chi connectivity index (χ3v) is 12.8. The number of fused-ring (bicyclic) bond motifs is 5. The lowest BCUT2D eigenvalue weighted by Gasteiger charge is -2.49. The lowest BCUT2D eigenvalue weighted by molar-refractivity contribution is -0.138. The number of thiophene rings is 1. The molecule has 0 unspecified atom stereocenters. The predicted molar refractivity (Wildman–Crippen MR) is 179 cm³/mol. The van der Waals surface area contributed by atoms with Crippen molar-refractivity contribution in [2.75, 3.05) is 11.9 Å². The number of carbonyl (C=O) groups excluding carboxylic acids is 4. The second-order valence-electron chi connectivity index (χ2n) is 13.7. The zero-order chi connectivity index (χ0) is 33.3. The number of rotatable bonds is 3. The first kappa shape index (κ1) is 30.1. The van der Waals surface area contributed by atoms with Gasteiger partial charge in [0, 0.05) is 35.8 Å². The van der Waals surface area contributed by atoms with E-state index in [0.29, 0.717) is 28.5 Å². The molecule has 6 atom stereocenters. The van der Waals surface area contributed by atoms with Crippen molar-refractivity contribution in [1.82, 2.24) is 14.7 Å². The van der Waals surface area contributed by atoms with Crippen LogP contribution in [0.25, 0.3) is 20.7 Å². The number of nitrogens with zero attached hydrogens (tertiary/aromatic N) is 4. The highest BCUT2D eigenvalue weighted by Gasteiger charge is 2.67. The number of benzene rings is 2. The molecular weight excluding hydrogens is 636 g/mol. The van der Waals surface area contributed by atoms with Crippen LogP contribution in [0.3, 0.4) is 0 Å². The maximum Gasteiger partial charge on any atom is 0.242 e. The minimum Gasteiger partial charge on any atom is -0.508 e. The fourth-order valence-corrected chi connectivity index (χ4v) is 10.2. The maximum absolute atomic E-state index is 14.9. The quantitative estimate of drug-likeness (QED) is 0.207. The molecule has 0 bridgehead atoms. The van der Waals surface area contributed by atoms with Gasteiger partial charge in [0.05, 0.1) is 28.0 Å². The van der Waals surface area contributed by atoms with Crippen LogP contribution in [0.1, 0.15) is 42.4 Å². The van der Waals surface area contributed by atoms with Crippen molar-refractivity contribution in [2.24, 2.45) is 36.1 Å². The highest BCUT2D eigenvalue weighted by atomic mass is 35.5. The lowest BCUT2D eigenvalue weighted by atomic mass is 9.51. The smallest absolute Gasteiger partial charge is 0.242 e. The summed E-state index contributed by atoms with van der Waals surface area (Å²) in [6.45, 7) is 5.67. The SMILES string of the molecule is Cc1cc([C@H]2C3=CC[C@@H]4C(=O)N(C)C(=O)[C@@H]4[C@@H]3C[C@H]3C(=O)N(c4cc(-c5sc6ccc(Cl)cc6c5C)nn4C)C(=O)[C@@]23C)ccc1O. The van der Waals surface area contributed by atoms with Crippen molar-refractivity contribution in [1.29, 1.82) is 0 Å². The van der Waals surface area contributed by atoms with Gasteiger partial charge in [-0.15, -0.1) is 11.3 Å². The molecule has 9 nitrogen and oxygen atoms in total. The Kier molecular flexibility index (Phi) is 6.47. The van der Waals surface area contributed by atoms with Crippen LogP contribution in [0, 0.1) is 42.9 Å². The Balaban J connectivity index is 1.26. The first-order chi connectivity index (χ1) is 22.3. The van der Waals surface area contributed by atoms with Gasteiger partial charge in [0.1, 0.15) is 17.3 Å². The lowest BCUT2D eigenvalue weighted by Crippen LogP contribution is -2.48. The largest absolute Gasteiger partial charge is 0.508 e. The van der Waals surface area contributed by atoms with E-state index in [0.717, 1.165) is 31.7 Å². The van der Waals surface area contributed by atoms with Crippen molar-refractivity contribution < 1.29 is 24.3 Å². The first-order valence-electron chi connectivity index (χ1n) is 15.7. The molecule has 2 aromatic heterocycles. The van der Waals surface area contributed by atoms with E-state index in [1.165, 1.54) is 16.8 Å². The minimum atomic E-state index is -1.18. The average molecular weight is 669 g/mol. The van der Waals surface area contributed by atoms with Gasteiger partial charge in [-0.25, -0.2) is 4.90 Å². The number of aromatic hydroxyl groups is 1. The maximum atomic E-state index is 14.9. The molecule has 1 saturated carbocycles. The molecule has 4 amide bonds. The number of phenolic OH excluding ortho intramolecular Hbond substituents is 1. The molecule has 0 spiro atoms. The van der Waals surface area contributed by atoms with Gasteiger partial charge in [-0.05, 0) is 85.9 Å². The standard InChI is InChI=1S/C36H33ClN4O5S/c1-16-12-18(6-10-26(16)42)30-20-8-9-21-29(34(45)39(4)32(21)43)23(20)14-24-33(44)41(35(46)36(24,30)3)28-15-25(38-40(28)5)31-17(2)22-13-19(37)7-11-27(22)47-31/h6-8,10-13,15,21,23-24,29-30,42H,9,14H2,1-5H3/t21-,23+,24-,29-,30-,36+/m0/s1. The number of amides is 4. The predicted octanol–water partition coefficient (Wildman–Crippen LogP) is 6.14. The van der Waals surface area contributed by atoms with E-state index in [1.807, 2.05) is 44.2 Å². The summed E-state index contributed by atoms with van der Waals surface area (Å²) in [5.41, 5.74) is 2.85. The van der Waals surface area contributed by atoms with Gasteiger partial charge in [0.25, 0.3) is 0 Å². The minimum absolute atomic E-state index is 0.135.